The van der Waals surface area contributed by atoms with Gasteiger partial charge in [0.25, 0.3) is 5.91 Å². The van der Waals surface area contributed by atoms with Crippen molar-refractivity contribution in [1.82, 2.24) is 10.3 Å². The third-order valence-corrected chi connectivity index (χ3v) is 9.25. The molecule has 0 aliphatic heterocycles. The molecule has 2 aromatic rings. The average molecular weight is 520 g/mol. The molecule has 196 valence electrons. The Labute approximate surface area is 214 Å². The summed E-state index contributed by atoms with van der Waals surface area (Å²) in [5.41, 5.74) is -0.00651. The molecule has 36 heavy (non-hydrogen) atoms. The van der Waals surface area contributed by atoms with E-state index in [0.29, 0.717) is 43.1 Å². The molecular weight excluding hydrogens is 485 g/mol. The Balaban J connectivity index is 1.67. The van der Waals surface area contributed by atoms with E-state index >= 15 is 0 Å². The highest BCUT2D eigenvalue weighted by atomic mass is 32.1. The van der Waals surface area contributed by atoms with Gasteiger partial charge in [-0.05, 0) is 54.9 Å². The minimum atomic E-state index is -0.725. The van der Waals surface area contributed by atoms with Crippen LogP contribution < -0.4 is 10.6 Å². The number of benzene rings is 1. The molecule has 0 bridgehead atoms. The summed E-state index contributed by atoms with van der Waals surface area (Å²) < 4.78 is 18.3. The van der Waals surface area contributed by atoms with Gasteiger partial charge in [-0.25, -0.2) is 9.37 Å². The topological polar surface area (TPSA) is 121 Å². The lowest BCUT2D eigenvalue weighted by Gasteiger charge is -2.58. The second-order valence-electron chi connectivity index (χ2n) is 10.4. The number of rotatable bonds is 8. The Morgan fingerprint density at radius 3 is 2.67 bits per heavy atom. The molecular formula is C26H34FN3O5S. The standard InChI is InChI=1S/C26H34FN3O5S/c1-25-9-8-20(32)26(2,14-31)19(25)13-18-22(17(25)12-21(33)28-10-11-35-3)29-24(36-18)30-23(34)15-4-6-16(27)7-5-15/h4-7,17,19-20,31-32H,8-14H2,1-3H3,(H,28,33)(H,29,30,34)/t17-,19+,20-,25+,26+/m1/s1. The van der Waals surface area contributed by atoms with Crippen LogP contribution in [0.2, 0.25) is 0 Å². The van der Waals surface area contributed by atoms with Crippen molar-refractivity contribution in [2.45, 2.75) is 51.6 Å². The van der Waals surface area contributed by atoms with E-state index in [4.69, 9.17) is 9.72 Å². The molecule has 1 fully saturated rings. The molecule has 10 heteroatoms. The molecule has 2 aliphatic carbocycles. The van der Waals surface area contributed by atoms with Crippen LogP contribution in [0.3, 0.4) is 0 Å². The van der Waals surface area contributed by atoms with E-state index in [-0.39, 0.29) is 36.2 Å². The number of halogens is 1. The Morgan fingerprint density at radius 1 is 1.28 bits per heavy atom. The zero-order chi connectivity index (χ0) is 26.1. The monoisotopic (exact) mass is 519 g/mol. The minimum Gasteiger partial charge on any atom is -0.396 e. The van der Waals surface area contributed by atoms with Gasteiger partial charge in [0.15, 0.2) is 5.13 Å². The molecule has 1 heterocycles. The van der Waals surface area contributed by atoms with Crippen LogP contribution in [0.4, 0.5) is 9.52 Å². The summed E-state index contributed by atoms with van der Waals surface area (Å²) in [7, 11) is 1.57. The predicted molar refractivity (Wildman–Crippen MR) is 134 cm³/mol. The number of nitrogens with zero attached hydrogens (tertiary/aromatic N) is 1. The maximum atomic E-state index is 13.3. The summed E-state index contributed by atoms with van der Waals surface area (Å²) in [6.45, 7) is 4.69. The molecule has 0 spiro atoms. The van der Waals surface area contributed by atoms with Crippen LogP contribution >= 0.6 is 11.3 Å². The van der Waals surface area contributed by atoms with Gasteiger partial charge in [0, 0.05) is 41.8 Å². The molecule has 1 saturated carbocycles. The molecule has 0 unspecified atom stereocenters. The second kappa shape index (κ2) is 10.5. The highest BCUT2D eigenvalue weighted by molar-refractivity contribution is 7.15. The number of carbonyl (C=O) groups is 2. The molecule has 2 aliphatic rings. The predicted octanol–water partition coefficient (Wildman–Crippen LogP) is 3.10. The van der Waals surface area contributed by atoms with E-state index in [1.807, 2.05) is 6.92 Å². The number of amides is 2. The van der Waals surface area contributed by atoms with Crippen molar-refractivity contribution < 1.29 is 28.9 Å². The first-order valence-electron chi connectivity index (χ1n) is 12.2. The van der Waals surface area contributed by atoms with Gasteiger partial charge in [-0.3, -0.25) is 14.9 Å². The largest absolute Gasteiger partial charge is 0.396 e. The van der Waals surface area contributed by atoms with Gasteiger partial charge in [0.1, 0.15) is 5.82 Å². The maximum Gasteiger partial charge on any atom is 0.257 e. The first-order chi connectivity index (χ1) is 17.1. The van der Waals surface area contributed by atoms with E-state index in [1.165, 1.54) is 35.6 Å². The fraction of sp³-hybridized carbons (Fsp3) is 0.577. The minimum absolute atomic E-state index is 0.0795. The smallest absolute Gasteiger partial charge is 0.257 e. The van der Waals surface area contributed by atoms with Gasteiger partial charge in [-0.2, -0.15) is 0 Å². The molecule has 0 saturated heterocycles. The fourth-order valence-electron chi connectivity index (χ4n) is 6.02. The maximum absolute atomic E-state index is 13.3. The molecule has 1 aromatic carbocycles. The van der Waals surface area contributed by atoms with Crippen LogP contribution in [-0.2, 0) is 16.0 Å². The van der Waals surface area contributed by atoms with Crippen molar-refractivity contribution in [3.05, 3.63) is 46.2 Å². The third-order valence-electron chi connectivity index (χ3n) is 8.24. The van der Waals surface area contributed by atoms with Crippen LogP contribution in [-0.4, -0.2) is 60.0 Å². The molecule has 8 nitrogen and oxygen atoms in total. The number of aliphatic hydroxyl groups excluding tert-OH is 2. The second-order valence-corrected chi connectivity index (χ2v) is 11.5. The normalized spacial score (nSPS) is 29.2. The zero-order valence-corrected chi connectivity index (χ0v) is 21.7. The van der Waals surface area contributed by atoms with Gasteiger partial charge in [0.2, 0.25) is 5.91 Å². The molecule has 2 amide bonds. The first kappa shape index (κ1) is 26.7. The highest BCUT2D eigenvalue weighted by Gasteiger charge is 2.59. The Hall–Kier alpha value is -2.40. The lowest BCUT2D eigenvalue weighted by atomic mass is 9.47. The number of methoxy groups -OCH3 is 1. The van der Waals surface area contributed by atoms with Crippen LogP contribution in [0.25, 0.3) is 0 Å². The number of aromatic nitrogens is 1. The van der Waals surface area contributed by atoms with Gasteiger partial charge < -0.3 is 20.3 Å². The summed E-state index contributed by atoms with van der Waals surface area (Å²) in [6, 6.07) is 5.28. The summed E-state index contributed by atoms with van der Waals surface area (Å²) >= 11 is 1.35. The lowest BCUT2D eigenvalue weighted by molar-refractivity contribution is -0.144. The summed E-state index contributed by atoms with van der Waals surface area (Å²) in [6.07, 6.45) is 1.37. The Morgan fingerprint density at radius 2 is 2.00 bits per heavy atom. The Bertz CT molecular complexity index is 1110. The van der Waals surface area contributed by atoms with E-state index in [9.17, 15) is 24.2 Å². The molecule has 4 rings (SSSR count). The van der Waals surface area contributed by atoms with Gasteiger partial charge in [0.05, 0.1) is 25.0 Å². The van der Waals surface area contributed by atoms with Crippen molar-refractivity contribution in [2.24, 2.45) is 16.7 Å². The van der Waals surface area contributed by atoms with Gasteiger partial charge in [-0.1, -0.05) is 13.8 Å². The van der Waals surface area contributed by atoms with Crippen molar-refractivity contribution in [3.8, 4) is 0 Å². The van der Waals surface area contributed by atoms with Gasteiger partial charge in [-0.15, -0.1) is 11.3 Å². The van der Waals surface area contributed by atoms with Gasteiger partial charge >= 0.3 is 0 Å². The van der Waals surface area contributed by atoms with Crippen molar-refractivity contribution in [2.75, 3.05) is 32.2 Å². The Kier molecular flexibility index (Phi) is 7.80. The number of nitrogens with one attached hydrogen (secondary N) is 2. The average Bonchev–Trinajstić information content (AvgIpc) is 3.25. The lowest BCUT2D eigenvalue weighted by Crippen LogP contribution is -2.57. The summed E-state index contributed by atoms with van der Waals surface area (Å²) in [5, 5.41) is 27.3. The van der Waals surface area contributed by atoms with Crippen LogP contribution in [0.15, 0.2) is 24.3 Å². The van der Waals surface area contributed by atoms with Crippen molar-refractivity contribution >= 4 is 28.3 Å². The van der Waals surface area contributed by atoms with Crippen LogP contribution in [0, 0.1) is 22.6 Å². The highest BCUT2D eigenvalue weighted by Crippen LogP contribution is 2.62. The van der Waals surface area contributed by atoms with Crippen molar-refractivity contribution in [3.63, 3.8) is 0 Å². The fourth-order valence-corrected chi connectivity index (χ4v) is 7.08. The molecule has 1 aromatic heterocycles. The quantitative estimate of drug-likeness (QED) is 0.398. The summed E-state index contributed by atoms with van der Waals surface area (Å²) in [4.78, 5) is 31.4. The SMILES string of the molecule is COCCNC(=O)C[C@@H]1c2nc(NC(=O)c3ccc(F)cc3)sc2C[C@@H]2[C@](C)(CO)[C@H](O)CC[C@]21C. The third kappa shape index (κ3) is 4.91. The number of carbonyl (C=O) groups excluding carboxylic acids is 2. The number of thiazole rings is 1. The van der Waals surface area contributed by atoms with E-state index in [2.05, 4.69) is 17.6 Å². The van der Waals surface area contributed by atoms with E-state index in [0.717, 1.165) is 10.6 Å². The number of fused-ring (bicyclic) bond motifs is 2. The van der Waals surface area contributed by atoms with Crippen LogP contribution in [0.5, 0.6) is 0 Å². The van der Waals surface area contributed by atoms with Crippen molar-refractivity contribution in [1.29, 1.82) is 0 Å². The number of anilines is 1. The zero-order valence-electron chi connectivity index (χ0n) is 20.8. The first-order valence-corrected chi connectivity index (χ1v) is 13.0. The number of hydrogen-bond acceptors (Lipinski definition) is 7. The molecule has 0 radical (unpaired) electrons. The molecule has 4 N–H and O–H groups in total. The number of aliphatic hydroxyl groups is 2. The number of ether oxygens (including phenoxy) is 1. The number of hydrogen-bond donors (Lipinski definition) is 4. The van der Waals surface area contributed by atoms with Crippen LogP contribution in [0.1, 0.15) is 60.0 Å². The van der Waals surface area contributed by atoms with E-state index in [1.54, 1.807) is 7.11 Å². The van der Waals surface area contributed by atoms with E-state index < -0.39 is 23.2 Å². The molecule has 5 atom stereocenters. The summed E-state index contributed by atoms with van der Waals surface area (Å²) in [5.74, 6) is -1.27.